The first-order valence-electron chi connectivity index (χ1n) is 21.0. The Morgan fingerprint density at radius 3 is 1.58 bits per heavy atom. The lowest BCUT2D eigenvalue weighted by atomic mass is 9.82. The average Bonchev–Trinajstić information content (AvgIpc) is 3.91. The number of aromatic nitrogens is 2. The van der Waals surface area contributed by atoms with Crippen molar-refractivity contribution in [2.24, 2.45) is 0 Å². The quantitative estimate of drug-likeness (QED) is 0.117. The van der Waals surface area contributed by atoms with E-state index in [0.29, 0.717) is 0 Å². The third kappa shape index (κ3) is 4.81. The molecule has 0 saturated heterocycles. The maximum absolute atomic E-state index is 3.00. The predicted molar refractivity (Wildman–Crippen MR) is 256 cm³/mol. The summed E-state index contributed by atoms with van der Waals surface area (Å²) in [5.74, 6) is 0. The lowest BCUT2D eigenvalue weighted by Gasteiger charge is -2.35. The van der Waals surface area contributed by atoms with Crippen LogP contribution >= 0.6 is 0 Å². The van der Waals surface area contributed by atoms with Gasteiger partial charge in [-0.15, -0.1) is 0 Å². The monoisotopic (exact) mass is 782 g/mol. The van der Waals surface area contributed by atoms with E-state index in [0.717, 1.165) is 5.69 Å². The molecule has 1 aliphatic carbocycles. The molecule has 2 heterocycles. The Morgan fingerprint density at radius 1 is 0.350 bits per heavy atom. The molecule has 2 aromatic heterocycles. The van der Waals surface area contributed by atoms with Crippen molar-refractivity contribution in [3.8, 4) is 22.5 Å². The van der Waals surface area contributed by atoms with Gasteiger partial charge in [0.05, 0.1) is 22.1 Å². The lowest BCUT2D eigenvalue weighted by Crippen LogP contribution is -2.74. The van der Waals surface area contributed by atoms with Gasteiger partial charge in [-0.2, -0.15) is 0 Å². The summed E-state index contributed by atoms with van der Waals surface area (Å²) in [6, 6.07) is 82.0. The fourth-order valence-corrected chi connectivity index (χ4v) is 15.6. The second-order valence-corrected chi connectivity index (χ2v) is 20.7. The van der Waals surface area contributed by atoms with E-state index in [1.807, 2.05) is 0 Å². The third-order valence-electron chi connectivity index (χ3n) is 13.5. The molecule has 0 amide bonds. The van der Waals surface area contributed by atoms with Crippen LogP contribution in [0.2, 0.25) is 0 Å². The second-order valence-electron chi connectivity index (χ2n) is 16.9. The van der Waals surface area contributed by atoms with E-state index in [4.69, 9.17) is 0 Å². The van der Waals surface area contributed by atoms with Gasteiger partial charge >= 0.3 is 0 Å². The summed E-state index contributed by atoms with van der Waals surface area (Å²) in [7, 11) is -3.00. The zero-order valence-electron chi connectivity index (χ0n) is 33.7. The van der Waals surface area contributed by atoms with Crippen molar-refractivity contribution in [1.82, 2.24) is 9.13 Å². The molecule has 2 nitrogen and oxygen atoms in total. The molecule has 0 N–H and O–H groups in total. The minimum absolute atomic E-state index is 0.104. The predicted octanol–water partition coefficient (Wildman–Crippen LogP) is 11.6. The van der Waals surface area contributed by atoms with Crippen molar-refractivity contribution in [1.29, 1.82) is 0 Å². The van der Waals surface area contributed by atoms with Crippen LogP contribution in [0.15, 0.2) is 218 Å². The van der Waals surface area contributed by atoms with Gasteiger partial charge in [-0.25, -0.2) is 0 Å². The van der Waals surface area contributed by atoms with Crippen LogP contribution in [-0.2, 0) is 5.41 Å². The maximum atomic E-state index is 2.57. The molecule has 0 bridgehead atoms. The largest absolute Gasteiger partial charge is 0.309 e. The van der Waals surface area contributed by atoms with E-state index < -0.39 is 8.07 Å². The van der Waals surface area contributed by atoms with E-state index in [9.17, 15) is 0 Å². The summed E-state index contributed by atoms with van der Waals surface area (Å²) in [5, 5.41) is 10.5. The molecule has 1 aliphatic rings. The van der Waals surface area contributed by atoms with Gasteiger partial charge in [0.25, 0.3) is 0 Å². The van der Waals surface area contributed by atoms with E-state index in [1.54, 1.807) is 0 Å². The highest BCUT2D eigenvalue weighted by molar-refractivity contribution is 7.20. The van der Waals surface area contributed by atoms with Crippen molar-refractivity contribution in [3.05, 3.63) is 230 Å². The van der Waals surface area contributed by atoms with Crippen LogP contribution in [0.5, 0.6) is 0 Å². The molecule has 284 valence electrons. The minimum Gasteiger partial charge on any atom is -0.309 e. The topological polar surface area (TPSA) is 9.86 Å². The van der Waals surface area contributed by atoms with E-state index in [1.165, 1.54) is 92.3 Å². The highest BCUT2D eigenvalue weighted by Crippen LogP contribution is 2.52. The van der Waals surface area contributed by atoms with Crippen LogP contribution in [-0.4, -0.2) is 17.2 Å². The molecule has 3 heteroatoms. The number of rotatable bonds is 6. The fourth-order valence-electron chi connectivity index (χ4n) is 10.8. The van der Waals surface area contributed by atoms with E-state index >= 15 is 0 Å². The Kier molecular flexibility index (Phi) is 7.63. The van der Waals surface area contributed by atoms with Crippen LogP contribution in [0.25, 0.3) is 66.1 Å². The number of para-hydroxylation sites is 3. The average molecular weight is 783 g/mol. The first kappa shape index (κ1) is 34.8. The molecule has 11 aromatic rings. The summed E-state index contributed by atoms with van der Waals surface area (Å²) >= 11 is 0. The van der Waals surface area contributed by atoms with Gasteiger partial charge in [-0.3, -0.25) is 0 Å². The SMILES string of the molecule is CC1(C)c2ccccc2-c2c1ccc1c3ccccc3n(-c3cccc([Si](c4ccccc4)(c4ccccc4)c4ccc5c6ccccc6n(-c6ccccc6)c5c4)c3)c21. The van der Waals surface area contributed by atoms with Crippen LogP contribution < -0.4 is 20.7 Å². The molecule has 0 fully saturated rings. The fraction of sp³-hybridized carbons (Fsp3) is 0.0526. The summed E-state index contributed by atoms with van der Waals surface area (Å²) in [6.07, 6.45) is 0. The first-order chi connectivity index (χ1) is 29.5. The molecular formula is C57H42N2Si. The van der Waals surface area contributed by atoms with Gasteiger partial charge < -0.3 is 9.13 Å². The van der Waals surface area contributed by atoms with Gasteiger partial charge in [0, 0.05) is 43.9 Å². The lowest BCUT2D eigenvalue weighted by molar-refractivity contribution is 0.661. The molecule has 12 rings (SSSR count). The van der Waals surface area contributed by atoms with Gasteiger partial charge in [0.1, 0.15) is 0 Å². The third-order valence-corrected chi connectivity index (χ3v) is 18.2. The summed E-state index contributed by atoms with van der Waals surface area (Å²) in [4.78, 5) is 0. The van der Waals surface area contributed by atoms with Gasteiger partial charge in [0.15, 0.2) is 8.07 Å². The maximum Gasteiger partial charge on any atom is 0.179 e. The van der Waals surface area contributed by atoms with Crippen molar-refractivity contribution in [2.45, 2.75) is 19.3 Å². The summed E-state index contributed by atoms with van der Waals surface area (Å²) in [5.41, 5.74) is 12.6. The Morgan fingerprint density at radius 2 is 0.867 bits per heavy atom. The van der Waals surface area contributed by atoms with Crippen LogP contribution in [0, 0.1) is 0 Å². The highest BCUT2D eigenvalue weighted by atomic mass is 28.3. The summed E-state index contributed by atoms with van der Waals surface area (Å²) in [6.45, 7) is 4.76. The number of fused-ring (bicyclic) bond motifs is 10. The number of benzene rings is 9. The normalized spacial score (nSPS) is 13.3. The molecule has 0 radical (unpaired) electrons. The minimum atomic E-state index is -3.00. The Hall–Kier alpha value is -7.20. The molecule has 0 aliphatic heterocycles. The van der Waals surface area contributed by atoms with Crippen molar-refractivity contribution in [2.75, 3.05) is 0 Å². The first-order valence-corrected chi connectivity index (χ1v) is 23.0. The molecule has 0 unspecified atom stereocenters. The zero-order chi connectivity index (χ0) is 40.0. The van der Waals surface area contributed by atoms with Crippen molar-refractivity contribution < 1.29 is 0 Å². The molecule has 0 saturated carbocycles. The summed E-state index contributed by atoms with van der Waals surface area (Å²) < 4.78 is 5.02. The van der Waals surface area contributed by atoms with Crippen LogP contribution in [0.3, 0.4) is 0 Å². The Labute approximate surface area is 351 Å². The number of hydrogen-bond acceptors (Lipinski definition) is 0. The van der Waals surface area contributed by atoms with Gasteiger partial charge in [-0.1, -0.05) is 190 Å². The second kappa shape index (κ2) is 13.2. The van der Waals surface area contributed by atoms with Crippen LogP contribution in [0.4, 0.5) is 0 Å². The van der Waals surface area contributed by atoms with Crippen molar-refractivity contribution >= 4 is 72.4 Å². The smallest absolute Gasteiger partial charge is 0.179 e. The van der Waals surface area contributed by atoms with Gasteiger partial charge in [0.2, 0.25) is 0 Å². The standard InChI is InChI=1S/C57H42N2Si/c1-57(2)50-30-15-12-29-49(50)55-51(57)36-35-48-46-28-14-17-32-53(46)59(56(48)55)40-21-18-26-43(37-40)60(41-22-8-4-9-23-41,42-24-10-5-11-25-42)44-33-34-47-45-27-13-16-31-52(45)58(54(47)38-44)39-19-6-3-7-20-39/h3-38H,1-2H3. The molecule has 0 atom stereocenters. The Balaban J connectivity index is 1.19. The number of nitrogens with zero attached hydrogens (tertiary/aromatic N) is 2. The van der Waals surface area contributed by atoms with Crippen molar-refractivity contribution in [3.63, 3.8) is 0 Å². The van der Waals surface area contributed by atoms with Gasteiger partial charge in [-0.05, 0) is 79.9 Å². The van der Waals surface area contributed by atoms with E-state index in [2.05, 4.69) is 241 Å². The zero-order valence-corrected chi connectivity index (χ0v) is 34.7. The van der Waals surface area contributed by atoms with E-state index in [-0.39, 0.29) is 5.41 Å². The Bertz CT molecular complexity index is 3410. The number of hydrogen-bond donors (Lipinski definition) is 0. The molecule has 60 heavy (non-hydrogen) atoms. The van der Waals surface area contributed by atoms with Crippen LogP contribution in [0.1, 0.15) is 25.0 Å². The molecule has 0 spiro atoms. The molecular weight excluding hydrogens is 741 g/mol. The molecule has 9 aromatic carbocycles. The highest BCUT2D eigenvalue weighted by Gasteiger charge is 2.43.